The van der Waals surface area contributed by atoms with Crippen molar-refractivity contribution < 1.29 is 0 Å². The molecule has 23 heavy (non-hydrogen) atoms. The van der Waals surface area contributed by atoms with E-state index in [2.05, 4.69) is 48.4 Å². The summed E-state index contributed by atoms with van der Waals surface area (Å²) in [6, 6.07) is 9.11. The molecule has 2 unspecified atom stereocenters. The quantitative estimate of drug-likeness (QED) is 0.886. The first-order chi connectivity index (χ1) is 11.0. The first-order valence-corrected chi connectivity index (χ1v) is 9.52. The lowest BCUT2D eigenvalue weighted by atomic mass is 9.89. The molecule has 0 spiro atoms. The van der Waals surface area contributed by atoms with Gasteiger partial charge in [0.05, 0.1) is 4.34 Å². The van der Waals surface area contributed by atoms with Crippen LogP contribution in [-0.2, 0) is 13.0 Å². The molecular weight excluding hydrogens is 324 g/mol. The van der Waals surface area contributed by atoms with Crippen molar-refractivity contribution in [3.05, 3.63) is 56.2 Å². The molecule has 2 N–H and O–H groups in total. The Bertz CT molecular complexity index is 667. The van der Waals surface area contributed by atoms with Crippen LogP contribution in [0.4, 0.5) is 0 Å². The molecule has 3 rings (SSSR count). The van der Waals surface area contributed by atoms with Gasteiger partial charge in [0.2, 0.25) is 0 Å². The van der Waals surface area contributed by atoms with E-state index in [0.717, 1.165) is 36.8 Å². The maximum absolute atomic E-state index is 6.33. The minimum Gasteiger partial charge on any atom is -0.327 e. The summed E-state index contributed by atoms with van der Waals surface area (Å²) in [6.45, 7) is 7.47. The van der Waals surface area contributed by atoms with Crippen molar-refractivity contribution in [2.45, 2.75) is 39.3 Å². The molecule has 1 saturated heterocycles. The molecule has 1 aliphatic rings. The normalized spacial score (nSPS) is 22.4. The molecular formula is C19H25ClN2S. The predicted octanol–water partition coefficient (Wildman–Crippen LogP) is 4.41. The van der Waals surface area contributed by atoms with Crippen LogP contribution in [0.3, 0.4) is 0 Å². The highest BCUT2D eigenvalue weighted by Crippen LogP contribution is 2.26. The van der Waals surface area contributed by atoms with Gasteiger partial charge in [0, 0.05) is 25.7 Å². The highest BCUT2D eigenvalue weighted by molar-refractivity contribution is 7.14. The minimum atomic E-state index is 0.272. The Balaban J connectivity index is 1.65. The number of hydrogen-bond donors (Lipinski definition) is 1. The van der Waals surface area contributed by atoms with E-state index in [4.69, 9.17) is 17.3 Å². The molecule has 0 bridgehead atoms. The molecule has 0 amide bonds. The van der Waals surface area contributed by atoms with Crippen LogP contribution >= 0.6 is 22.9 Å². The van der Waals surface area contributed by atoms with Crippen molar-refractivity contribution in [3.63, 3.8) is 0 Å². The first kappa shape index (κ1) is 17.0. The summed E-state index contributed by atoms with van der Waals surface area (Å²) in [5.74, 6) is 0.621. The van der Waals surface area contributed by atoms with Gasteiger partial charge in [0.1, 0.15) is 0 Å². The second-order valence-corrected chi connectivity index (χ2v) is 8.49. The average molecular weight is 349 g/mol. The molecule has 2 heterocycles. The van der Waals surface area contributed by atoms with Crippen LogP contribution in [0.25, 0.3) is 0 Å². The van der Waals surface area contributed by atoms with E-state index in [1.165, 1.54) is 22.3 Å². The van der Waals surface area contributed by atoms with Crippen molar-refractivity contribution in [3.8, 4) is 0 Å². The van der Waals surface area contributed by atoms with E-state index in [1.54, 1.807) is 11.3 Å². The second kappa shape index (κ2) is 7.35. The molecule has 124 valence electrons. The molecule has 1 aromatic carbocycles. The van der Waals surface area contributed by atoms with Gasteiger partial charge in [-0.2, -0.15) is 0 Å². The molecule has 0 saturated carbocycles. The van der Waals surface area contributed by atoms with Crippen LogP contribution in [0.15, 0.2) is 29.6 Å². The van der Waals surface area contributed by atoms with Crippen LogP contribution in [0, 0.1) is 19.8 Å². The number of halogens is 1. The van der Waals surface area contributed by atoms with Crippen molar-refractivity contribution in [1.82, 2.24) is 4.90 Å². The Labute approximate surface area is 148 Å². The molecule has 1 fully saturated rings. The van der Waals surface area contributed by atoms with Crippen LogP contribution in [-0.4, -0.2) is 24.0 Å². The lowest BCUT2D eigenvalue weighted by Gasteiger charge is -2.36. The van der Waals surface area contributed by atoms with Gasteiger partial charge in [0.25, 0.3) is 0 Å². The Morgan fingerprint density at radius 1 is 1.26 bits per heavy atom. The third-order valence-electron chi connectivity index (χ3n) is 4.68. The van der Waals surface area contributed by atoms with E-state index in [9.17, 15) is 0 Å². The fourth-order valence-corrected chi connectivity index (χ4v) is 4.60. The highest BCUT2D eigenvalue weighted by Gasteiger charge is 2.25. The zero-order valence-electron chi connectivity index (χ0n) is 13.9. The number of benzene rings is 1. The Hall–Kier alpha value is -0.870. The van der Waals surface area contributed by atoms with Gasteiger partial charge in [-0.3, -0.25) is 4.90 Å². The standard InChI is InChI=1S/C19H25ClN2S/c1-13-3-4-17(14(2)5-13)10-22-9-15(7-18(21)11-22)6-16-8-19(20)23-12-16/h3-5,8,12,15,18H,6-7,9-11,21H2,1-2H3. The number of thiophene rings is 1. The van der Waals surface area contributed by atoms with Gasteiger partial charge in [-0.15, -0.1) is 11.3 Å². The van der Waals surface area contributed by atoms with Crippen LogP contribution in [0.1, 0.15) is 28.7 Å². The van der Waals surface area contributed by atoms with E-state index in [-0.39, 0.29) is 6.04 Å². The number of rotatable bonds is 4. The van der Waals surface area contributed by atoms with Crippen LogP contribution in [0.2, 0.25) is 4.34 Å². The number of nitrogens with zero attached hydrogens (tertiary/aromatic N) is 1. The Morgan fingerprint density at radius 2 is 2.09 bits per heavy atom. The summed E-state index contributed by atoms with van der Waals surface area (Å²) in [4.78, 5) is 2.52. The number of hydrogen-bond acceptors (Lipinski definition) is 3. The second-order valence-electron chi connectivity index (χ2n) is 6.95. The molecule has 2 nitrogen and oxygen atoms in total. The zero-order valence-corrected chi connectivity index (χ0v) is 15.5. The summed E-state index contributed by atoms with van der Waals surface area (Å²) >= 11 is 7.68. The average Bonchev–Trinajstić information content (AvgIpc) is 2.86. The Morgan fingerprint density at radius 3 is 2.78 bits per heavy atom. The van der Waals surface area contributed by atoms with Crippen LogP contribution < -0.4 is 5.73 Å². The monoisotopic (exact) mass is 348 g/mol. The third kappa shape index (κ3) is 4.57. The van der Waals surface area contributed by atoms with Gasteiger partial charge >= 0.3 is 0 Å². The van der Waals surface area contributed by atoms with E-state index < -0.39 is 0 Å². The maximum atomic E-state index is 6.33. The van der Waals surface area contributed by atoms with Crippen molar-refractivity contribution in [2.75, 3.05) is 13.1 Å². The molecule has 0 radical (unpaired) electrons. The van der Waals surface area contributed by atoms with Crippen molar-refractivity contribution in [1.29, 1.82) is 0 Å². The molecule has 0 aliphatic carbocycles. The van der Waals surface area contributed by atoms with Crippen LogP contribution in [0.5, 0.6) is 0 Å². The topological polar surface area (TPSA) is 29.3 Å². The highest BCUT2D eigenvalue weighted by atomic mass is 35.5. The third-order valence-corrected chi connectivity index (χ3v) is 5.82. The fourth-order valence-electron chi connectivity index (χ4n) is 3.68. The molecule has 2 aromatic rings. The van der Waals surface area contributed by atoms with E-state index in [0.29, 0.717) is 5.92 Å². The lowest BCUT2D eigenvalue weighted by Crippen LogP contribution is -2.47. The zero-order chi connectivity index (χ0) is 16.4. The van der Waals surface area contributed by atoms with Gasteiger partial charge < -0.3 is 5.73 Å². The van der Waals surface area contributed by atoms with Crippen molar-refractivity contribution >= 4 is 22.9 Å². The predicted molar refractivity (Wildman–Crippen MR) is 100 cm³/mol. The summed E-state index contributed by atoms with van der Waals surface area (Å²) in [5.41, 5.74) is 11.8. The summed E-state index contributed by atoms with van der Waals surface area (Å²) in [6.07, 6.45) is 2.19. The number of aryl methyl sites for hydroxylation is 2. The molecule has 1 aromatic heterocycles. The summed E-state index contributed by atoms with van der Waals surface area (Å²) < 4.78 is 0.882. The van der Waals surface area contributed by atoms with E-state index in [1.807, 2.05) is 0 Å². The van der Waals surface area contributed by atoms with Gasteiger partial charge in [-0.25, -0.2) is 0 Å². The maximum Gasteiger partial charge on any atom is 0.0931 e. The van der Waals surface area contributed by atoms with Gasteiger partial charge in [-0.05, 0) is 60.7 Å². The summed E-state index contributed by atoms with van der Waals surface area (Å²) in [7, 11) is 0. The largest absolute Gasteiger partial charge is 0.327 e. The number of likely N-dealkylation sites (tertiary alicyclic amines) is 1. The molecule has 4 heteroatoms. The lowest BCUT2D eigenvalue weighted by molar-refractivity contribution is 0.149. The number of nitrogens with two attached hydrogens (primary N) is 1. The molecule has 2 atom stereocenters. The summed E-state index contributed by atoms with van der Waals surface area (Å²) in [5, 5.41) is 2.18. The van der Waals surface area contributed by atoms with E-state index >= 15 is 0 Å². The van der Waals surface area contributed by atoms with Gasteiger partial charge in [0.15, 0.2) is 0 Å². The Kier molecular flexibility index (Phi) is 5.42. The fraction of sp³-hybridized carbons (Fsp3) is 0.474. The van der Waals surface area contributed by atoms with Gasteiger partial charge in [-0.1, -0.05) is 35.4 Å². The first-order valence-electron chi connectivity index (χ1n) is 8.26. The number of piperidine rings is 1. The minimum absolute atomic E-state index is 0.272. The smallest absolute Gasteiger partial charge is 0.0931 e. The van der Waals surface area contributed by atoms with Crippen molar-refractivity contribution in [2.24, 2.45) is 11.7 Å². The SMILES string of the molecule is Cc1ccc(CN2CC(N)CC(Cc3csc(Cl)c3)C2)c(C)c1. The molecule has 1 aliphatic heterocycles.